The van der Waals surface area contributed by atoms with Gasteiger partial charge < -0.3 is 4.43 Å². The zero-order chi connectivity index (χ0) is 13.5. The highest BCUT2D eigenvalue weighted by Crippen LogP contribution is 2.44. The molecule has 0 N–H and O–H groups in total. The Morgan fingerprint density at radius 3 is 2.06 bits per heavy atom. The van der Waals surface area contributed by atoms with E-state index in [9.17, 15) is 0 Å². The molecule has 0 saturated heterocycles. The predicted octanol–water partition coefficient (Wildman–Crippen LogP) is 5.22. The van der Waals surface area contributed by atoms with E-state index in [2.05, 4.69) is 54.6 Å². The molecule has 2 heteroatoms. The summed E-state index contributed by atoms with van der Waals surface area (Å²) < 4.78 is 6.59. The second-order valence-electron chi connectivity index (χ2n) is 8.41. The van der Waals surface area contributed by atoms with E-state index in [0.29, 0.717) is 16.6 Å². The Hall–Kier alpha value is 0.177. The monoisotopic (exact) mass is 256 g/mol. The molecular formula is C15H32OSi. The van der Waals surface area contributed by atoms with Crippen LogP contribution in [0, 0.1) is 11.3 Å². The lowest BCUT2D eigenvalue weighted by Gasteiger charge is -2.45. The predicted molar refractivity (Wildman–Crippen MR) is 78.9 cm³/mol. The summed E-state index contributed by atoms with van der Waals surface area (Å²) in [7, 11) is -1.58. The summed E-state index contributed by atoms with van der Waals surface area (Å²) >= 11 is 0. The van der Waals surface area contributed by atoms with Crippen LogP contribution >= 0.6 is 0 Å². The van der Waals surface area contributed by atoms with Crippen LogP contribution in [0.25, 0.3) is 0 Å². The first-order valence-electron chi connectivity index (χ1n) is 7.11. The first-order valence-corrected chi connectivity index (χ1v) is 10.0. The molecule has 1 saturated carbocycles. The smallest absolute Gasteiger partial charge is 0.192 e. The van der Waals surface area contributed by atoms with Crippen LogP contribution in [0.2, 0.25) is 18.1 Å². The highest BCUT2D eigenvalue weighted by molar-refractivity contribution is 6.74. The molecule has 17 heavy (non-hydrogen) atoms. The van der Waals surface area contributed by atoms with E-state index in [0.717, 1.165) is 5.92 Å². The van der Waals surface area contributed by atoms with Crippen molar-refractivity contribution in [2.75, 3.05) is 0 Å². The molecule has 0 bridgehead atoms. The molecule has 0 spiro atoms. The van der Waals surface area contributed by atoms with Crippen LogP contribution in [0.4, 0.5) is 0 Å². The third-order valence-electron chi connectivity index (χ3n) is 4.61. The molecule has 0 amide bonds. The molecule has 0 heterocycles. The van der Waals surface area contributed by atoms with Crippen LogP contribution < -0.4 is 0 Å². The van der Waals surface area contributed by atoms with E-state index in [1.807, 2.05) is 0 Å². The molecule has 1 aliphatic carbocycles. The van der Waals surface area contributed by atoms with Crippen molar-refractivity contribution >= 4 is 8.32 Å². The molecule has 1 rings (SSSR count). The van der Waals surface area contributed by atoms with Gasteiger partial charge in [-0.1, -0.05) is 41.5 Å². The van der Waals surface area contributed by atoms with E-state index in [-0.39, 0.29) is 0 Å². The van der Waals surface area contributed by atoms with Gasteiger partial charge in [0, 0.05) is 6.10 Å². The van der Waals surface area contributed by atoms with Gasteiger partial charge in [-0.3, -0.25) is 0 Å². The fourth-order valence-electron chi connectivity index (χ4n) is 2.94. The van der Waals surface area contributed by atoms with Gasteiger partial charge in [0.2, 0.25) is 0 Å². The zero-order valence-electron chi connectivity index (χ0n) is 13.2. The van der Waals surface area contributed by atoms with Crippen molar-refractivity contribution in [3.8, 4) is 0 Å². The second kappa shape index (κ2) is 4.69. The van der Waals surface area contributed by atoms with E-state index < -0.39 is 8.32 Å². The van der Waals surface area contributed by atoms with Crippen molar-refractivity contribution in [1.82, 2.24) is 0 Å². The van der Waals surface area contributed by atoms with Crippen molar-refractivity contribution in [3.05, 3.63) is 0 Å². The van der Waals surface area contributed by atoms with Crippen molar-refractivity contribution in [2.24, 2.45) is 11.3 Å². The number of rotatable bonds is 2. The third kappa shape index (κ3) is 4.10. The molecule has 0 aromatic heterocycles. The topological polar surface area (TPSA) is 9.23 Å². The van der Waals surface area contributed by atoms with Crippen LogP contribution in [0.5, 0.6) is 0 Å². The Labute approximate surface area is 109 Å². The minimum atomic E-state index is -1.58. The van der Waals surface area contributed by atoms with Crippen LogP contribution in [-0.4, -0.2) is 14.4 Å². The van der Waals surface area contributed by atoms with Crippen molar-refractivity contribution in [2.45, 2.75) is 85.0 Å². The van der Waals surface area contributed by atoms with Crippen LogP contribution in [0.3, 0.4) is 0 Å². The summed E-state index contributed by atoms with van der Waals surface area (Å²) in [5, 5.41) is 0.331. The molecule has 0 radical (unpaired) electrons. The molecule has 2 atom stereocenters. The number of hydrogen-bond donors (Lipinski definition) is 0. The molecule has 0 unspecified atom stereocenters. The van der Waals surface area contributed by atoms with Gasteiger partial charge in [0.05, 0.1) is 0 Å². The van der Waals surface area contributed by atoms with Crippen LogP contribution in [-0.2, 0) is 4.43 Å². The van der Waals surface area contributed by atoms with E-state index in [1.54, 1.807) is 0 Å². The third-order valence-corrected chi connectivity index (χ3v) is 9.15. The summed E-state index contributed by atoms with van der Waals surface area (Å²) in [6, 6.07) is 0. The van der Waals surface area contributed by atoms with Gasteiger partial charge in [0.25, 0.3) is 0 Å². The Morgan fingerprint density at radius 1 is 1.12 bits per heavy atom. The highest BCUT2D eigenvalue weighted by Gasteiger charge is 2.42. The van der Waals surface area contributed by atoms with Gasteiger partial charge in [-0.25, -0.2) is 0 Å². The fourth-order valence-corrected chi connectivity index (χ4v) is 4.31. The second-order valence-corrected chi connectivity index (χ2v) is 13.2. The maximum absolute atomic E-state index is 6.59. The summed E-state index contributed by atoms with van der Waals surface area (Å²) in [6.45, 7) is 18.9. The largest absolute Gasteiger partial charge is 0.414 e. The van der Waals surface area contributed by atoms with Gasteiger partial charge in [0.15, 0.2) is 8.32 Å². The lowest BCUT2D eigenvalue weighted by Crippen LogP contribution is -2.46. The summed E-state index contributed by atoms with van der Waals surface area (Å²) in [5.74, 6) is 0.813. The maximum atomic E-state index is 6.59. The van der Waals surface area contributed by atoms with E-state index in [1.165, 1.54) is 19.3 Å². The van der Waals surface area contributed by atoms with Crippen LogP contribution in [0.15, 0.2) is 0 Å². The minimum Gasteiger partial charge on any atom is -0.414 e. The van der Waals surface area contributed by atoms with Gasteiger partial charge in [-0.15, -0.1) is 0 Å². The molecule has 0 aromatic carbocycles. The number of hydrogen-bond acceptors (Lipinski definition) is 1. The molecule has 0 aromatic rings. The van der Waals surface area contributed by atoms with E-state index >= 15 is 0 Å². The van der Waals surface area contributed by atoms with Crippen molar-refractivity contribution in [1.29, 1.82) is 0 Å². The molecular weight excluding hydrogens is 224 g/mol. The lowest BCUT2D eigenvalue weighted by atomic mass is 9.72. The Kier molecular flexibility index (Phi) is 4.21. The summed E-state index contributed by atoms with van der Waals surface area (Å²) in [5.41, 5.74) is 0.463. The van der Waals surface area contributed by atoms with E-state index in [4.69, 9.17) is 4.43 Å². The molecule has 1 nitrogen and oxygen atoms in total. The van der Waals surface area contributed by atoms with Crippen molar-refractivity contribution < 1.29 is 4.43 Å². The first-order chi connectivity index (χ1) is 7.43. The fraction of sp³-hybridized carbons (Fsp3) is 1.00. The standard InChI is InChI=1S/C15H32OSi/c1-12-9-13(11-15(5,6)10-12)16-17(7,8)14(2,3)4/h12-13H,9-11H2,1-8H3/t12-,13+/m1/s1. The van der Waals surface area contributed by atoms with Gasteiger partial charge in [-0.05, 0) is 48.7 Å². The van der Waals surface area contributed by atoms with Gasteiger partial charge in [-0.2, -0.15) is 0 Å². The van der Waals surface area contributed by atoms with Gasteiger partial charge in [0.1, 0.15) is 0 Å². The highest BCUT2D eigenvalue weighted by atomic mass is 28.4. The first kappa shape index (κ1) is 15.2. The Bertz CT molecular complexity index is 263. The molecule has 102 valence electrons. The molecule has 1 aliphatic rings. The lowest BCUT2D eigenvalue weighted by molar-refractivity contribution is 0.0469. The maximum Gasteiger partial charge on any atom is 0.192 e. The SMILES string of the molecule is C[C@@H]1C[C@H](O[Si](C)(C)C(C)(C)C)CC(C)(C)C1. The summed E-state index contributed by atoms with van der Waals surface area (Å²) in [4.78, 5) is 0. The Morgan fingerprint density at radius 2 is 1.65 bits per heavy atom. The van der Waals surface area contributed by atoms with Crippen LogP contribution in [0.1, 0.15) is 60.8 Å². The minimum absolute atomic E-state index is 0.331. The quantitative estimate of drug-likeness (QED) is 0.615. The van der Waals surface area contributed by atoms with Gasteiger partial charge >= 0.3 is 0 Å². The average Bonchev–Trinajstić information content (AvgIpc) is 1.94. The average molecular weight is 257 g/mol. The zero-order valence-corrected chi connectivity index (χ0v) is 14.2. The molecule has 0 aliphatic heterocycles. The summed E-state index contributed by atoms with van der Waals surface area (Å²) in [6.07, 6.45) is 4.35. The normalized spacial score (nSPS) is 30.4. The van der Waals surface area contributed by atoms with Crippen molar-refractivity contribution in [3.63, 3.8) is 0 Å². The molecule has 1 fully saturated rings. The Balaban J connectivity index is 2.69.